The zero-order valence-corrected chi connectivity index (χ0v) is 13.7. The molecule has 0 spiro atoms. The Kier molecular flexibility index (Phi) is 4.37. The first kappa shape index (κ1) is 16.0. The normalized spacial score (nSPS) is 31.5. The van der Waals surface area contributed by atoms with E-state index in [1.807, 2.05) is 13.8 Å². The van der Waals surface area contributed by atoms with E-state index in [1.165, 1.54) is 4.90 Å². The van der Waals surface area contributed by atoms with Crippen LogP contribution in [0.3, 0.4) is 0 Å². The van der Waals surface area contributed by atoms with Crippen molar-refractivity contribution < 1.29 is 24.0 Å². The molecule has 2 aliphatic rings. The fraction of sp³-hybridized carbons (Fsp3) is 0.529. The maximum Gasteiger partial charge on any atom is 0.292 e. The lowest BCUT2D eigenvalue weighted by Crippen LogP contribution is -3.19. The highest BCUT2D eigenvalue weighted by atomic mass is 16.5. The summed E-state index contributed by atoms with van der Waals surface area (Å²) in [6.07, 6.45) is 0.470. The molecule has 3 rings (SSSR count). The monoisotopic (exact) mass is 319 g/mol. The summed E-state index contributed by atoms with van der Waals surface area (Å²) >= 11 is 0. The molecule has 0 saturated carbocycles. The molecule has 0 unspecified atom stereocenters. The zero-order valence-electron chi connectivity index (χ0n) is 13.7. The van der Waals surface area contributed by atoms with E-state index in [0.717, 1.165) is 18.0 Å². The molecule has 124 valence electrons. The molecule has 1 aromatic carbocycles. The minimum Gasteiger partial charge on any atom is -0.497 e. The summed E-state index contributed by atoms with van der Waals surface area (Å²) in [6, 6.07) is 6.70. The molecule has 0 radical (unpaired) electrons. The van der Waals surface area contributed by atoms with Gasteiger partial charge in [-0.3, -0.25) is 9.59 Å². The van der Waals surface area contributed by atoms with Crippen molar-refractivity contribution >= 4 is 17.5 Å². The van der Waals surface area contributed by atoms with Crippen LogP contribution in [0.25, 0.3) is 0 Å². The predicted molar refractivity (Wildman–Crippen MR) is 84.6 cm³/mol. The molecule has 2 fully saturated rings. The topological polar surface area (TPSA) is 60.3 Å². The quantitative estimate of drug-likeness (QED) is 0.798. The van der Waals surface area contributed by atoms with Gasteiger partial charge < -0.3 is 14.4 Å². The number of rotatable bonds is 3. The average molecular weight is 319 g/mol. The Balaban J connectivity index is 1.79. The zero-order chi connectivity index (χ0) is 16.6. The molecule has 1 N–H and O–H groups in total. The van der Waals surface area contributed by atoms with Gasteiger partial charge in [0.05, 0.1) is 19.2 Å². The number of carbonyl (C=O) groups is 2. The Morgan fingerprint density at radius 1 is 1.13 bits per heavy atom. The van der Waals surface area contributed by atoms with Crippen molar-refractivity contribution in [3.05, 3.63) is 24.3 Å². The summed E-state index contributed by atoms with van der Waals surface area (Å²) < 4.78 is 10.8. The number of morpholine rings is 1. The number of ether oxygens (including phenoxy) is 2. The van der Waals surface area contributed by atoms with Crippen LogP contribution in [-0.4, -0.2) is 50.3 Å². The first-order valence-electron chi connectivity index (χ1n) is 8.00. The average Bonchev–Trinajstić information content (AvgIpc) is 2.81. The second-order valence-electron chi connectivity index (χ2n) is 6.35. The second-order valence-corrected chi connectivity index (χ2v) is 6.35. The van der Waals surface area contributed by atoms with Gasteiger partial charge in [0.1, 0.15) is 31.0 Å². The lowest BCUT2D eigenvalue weighted by molar-refractivity contribution is -0.929. The van der Waals surface area contributed by atoms with E-state index in [2.05, 4.69) is 0 Å². The van der Waals surface area contributed by atoms with E-state index in [1.54, 1.807) is 31.4 Å². The number of carbonyl (C=O) groups excluding carboxylic acids is 2. The van der Waals surface area contributed by atoms with Crippen LogP contribution in [0.1, 0.15) is 20.3 Å². The van der Waals surface area contributed by atoms with Crippen molar-refractivity contribution in [1.82, 2.24) is 0 Å². The van der Waals surface area contributed by atoms with Crippen molar-refractivity contribution in [3.63, 3.8) is 0 Å². The molecule has 3 atom stereocenters. The second kappa shape index (κ2) is 6.29. The summed E-state index contributed by atoms with van der Waals surface area (Å²) in [7, 11) is 1.58. The van der Waals surface area contributed by atoms with Gasteiger partial charge >= 0.3 is 0 Å². The van der Waals surface area contributed by atoms with Gasteiger partial charge in [-0.15, -0.1) is 0 Å². The van der Waals surface area contributed by atoms with Crippen molar-refractivity contribution in [2.75, 3.05) is 25.1 Å². The van der Waals surface area contributed by atoms with Crippen molar-refractivity contribution in [3.8, 4) is 5.75 Å². The predicted octanol–water partition coefficient (Wildman–Crippen LogP) is 0.0192. The Labute approximate surface area is 136 Å². The lowest BCUT2D eigenvalue weighted by atomic mass is 10.1. The van der Waals surface area contributed by atoms with Crippen LogP contribution in [0.2, 0.25) is 0 Å². The van der Waals surface area contributed by atoms with Crippen LogP contribution >= 0.6 is 0 Å². The number of imide groups is 1. The number of nitrogens with one attached hydrogen (secondary N) is 1. The van der Waals surface area contributed by atoms with Crippen LogP contribution < -0.4 is 14.5 Å². The van der Waals surface area contributed by atoms with Crippen LogP contribution in [0, 0.1) is 0 Å². The molecular weight excluding hydrogens is 296 g/mol. The summed E-state index contributed by atoms with van der Waals surface area (Å²) in [5.74, 6) is 0.451. The fourth-order valence-corrected chi connectivity index (χ4v) is 3.55. The Morgan fingerprint density at radius 3 is 2.30 bits per heavy atom. The van der Waals surface area contributed by atoms with E-state index in [0.29, 0.717) is 11.4 Å². The summed E-state index contributed by atoms with van der Waals surface area (Å²) in [5.41, 5.74) is 0.608. The fourth-order valence-electron chi connectivity index (χ4n) is 3.55. The maximum atomic E-state index is 12.8. The maximum absolute atomic E-state index is 12.8. The van der Waals surface area contributed by atoms with Crippen LogP contribution in [0.15, 0.2) is 24.3 Å². The van der Waals surface area contributed by atoms with Crippen molar-refractivity contribution in [2.45, 2.75) is 38.5 Å². The third-order valence-electron chi connectivity index (χ3n) is 4.53. The Bertz CT molecular complexity index is 591. The van der Waals surface area contributed by atoms with Gasteiger partial charge in [-0.1, -0.05) is 0 Å². The van der Waals surface area contributed by atoms with Crippen LogP contribution in [0.5, 0.6) is 5.75 Å². The van der Waals surface area contributed by atoms with Gasteiger partial charge in [-0.25, -0.2) is 4.90 Å². The molecule has 0 bridgehead atoms. The van der Waals surface area contributed by atoms with Crippen molar-refractivity contribution in [2.24, 2.45) is 0 Å². The van der Waals surface area contributed by atoms with Gasteiger partial charge in [0.25, 0.3) is 5.91 Å². The van der Waals surface area contributed by atoms with Gasteiger partial charge in [0.15, 0.2) is 6.04 Å². The van der Waals surface area contributed by atoms with Gasteiger partial charge in [-0.2, -0.15) is 0 Å². The number of hydrogen-bond acceptors (Lipinski definition) is 4. The lowest BCUT2D eigenvalue weighted by Gasteiger charge is -2.34. The van der Waals surface area contributed by atoms with Crippen LogP contribution in [0.4, 0.5) is 5.69 Å². The molecule has 23 heavy (non-hydrogen) atoms. The Hall–Kier alpha value is -1.92. The molecule has 2 heterocycles. The minimum absolute atomic E-state index is 0.103. The molecule has 0 aliphatic carbocycles. The number of quaternary nitrogens is 1. The summed E-state index contributed by atoms with van der Waals surface area (Å²) in [4.78, 5) is 27.6. The highest BCUT2D eigenvalue weighted by Gasteiger charge is 2.47. The first-order chi connectivity index (χ1) is 11.0. The first-order valence-corrected chi connectivity index (χ1v) is 8.00. The smallest absolute Gasteiger partial charge is 0.292 e. The number of amides is 2. The van der Waals surface area contributed by atoms with E-state index in [4.69, 9.17) is 9.47 Å². The van der Waals surface area contributed by atoms with Gasteiger partial charge in [-0.05, 0) is 38.1 Å². The summed E-state index contributed by atoms with van der Waals surface area (Å²) in [5, 5.41) is 0. The molecule has 0 aromatic heterocycles. The number of benzene rings is 1. The molecule has 2 aliphatic heterocycles. The van der Waals surface area contributed by atoms with E-state index in [9.17, 15) is 9.59 Å². The number of anilines is 1. The highest BCUT2D eigenvalue weighted by Crippen LogP contribution is 2.24. The summed E-state index contributed by atoms with van der Waals surface area (Å²) in [6.45, 7) is 5.53. The Morgan fingerprint density at radius 2 is 1.74 bits per heavy atom. The van der Waals surface area contributed by atoms with E-state index >= 15 is 0 Å². The minimum atomic E-state index is -0.307. The molecule has 6 heteroatoms. The molecule has 1 aromatic rings. The number of hydrogen-bond donors (Lipinski definition) is 1. The van der Waals surface area contributed by atoms with Crippen molar-refractivity contribution in [1.29, 1.82) is 0 Å². The molecule has 6 nitrogen and oxygen atoms in total. The van der Waals surface area contributed by atoms with Crippen LogP contribution in [-0.2, 0) is 14.3 Å². The largest absolute Gasteiger partial charge is 0.497 e. The molecular formula is C17H23N2O4+. The number of nitrogens with zero attached hydrogens (tertiary/aromatic N) is 1. The SMILES string of the molecule is COc1ccc(N2C(=O)C[C@@H]([NH+]3C[C@H](C)O[C@@H](C)C3)C2=O)cc1. The highest BCUT2D eigenvalue weighted by molar-refractivity contribution is 6.21. The third-order valence-corrected chi connectivity index (χ3v) is 4.53. The molecule has 2 amide bonds. The third kappa shape index (κ3) is 3.09. The number of methoxy groups -OCH3 is 1. The van der Waals surface area contributed by atoms with Gasteiger partial charge in [0, 0.05) is 0 Å². The van der Waals surface area contributed by atoms with E-state index in [-0.39, 0.29) is 36.5 Å². The van der Waals surface area contributed by atoms with E-state index < -0.39 is 0 Å². The van der Waals surface area contributed by atoms with Gasteiger partial charge in [0.2, 0.25) is 5.91 Å². The molecule has 2 saturated heterocycles. The standard InChI is InChI=1S/C17H22N2O4/c1-11-9-18(10-12(2)23-11)15-8-16(20)19(17(15)21)13-4-6-14(22-3)7-5-13/h4-7,11-12,15H,8-10H2,1-3H3/p+1/t11-,12-,15+/m0/s1.